The van der Waals surface area contributed by atoms with Gasteiger partial charge in [-0.05, 0) is 55.7 Å². The Hall–Kier alpha value is -4.53. The van der Waals surface area contributed by atoms with Gasteiger partial charge in [0.15, 0.2) is 11.5 Å². The van der Waals surface area contributed by atoms with Crippen molar-refractivity contribution in [3.8, 4) is 34.1 Å². The van der Waals surface area contributed by atoms with E-state index in [2.05, 4.69) is 4.98 Å². The van der Waals surface area contributed by atoms with Crippen LogP contribution in [0.25, 0.3) is 22.6 Å². The van der Waals surface area contributed by atoms with Crippen LogP contribution in [-0.4, -0.2) is 50.8 Å². The zero-order valence-electron chi connectivity index (χ0n) is 21.0. The highest BCUT2D eigenvalue weighted by Crippen LogP contribution is 2.40. The highest BCUT2D eigenvalue weighted by molar-refractivity contribution is 5.78. The third-order valence-corrected chi connectivity index (χ3v) is 6.98. The Labute approximate surface area is 220 Å². The maximum atomic E-state index is 12.6. The topological polar surface area (TPSA) is 98.9 Å². The van der Waals surface area contributed by atoms with E-state index in [0.29, 0.717) is 60.3 Å². The molecule has 2 aromatic heterocycles. The van der Waals surface area contributed by atoms with Crippen LogP contribution in [0.4, 0.5) is 4.79 Å². The van der Waals surface area contributed by atoms with Gasteiger partial charge in [0.1, 0.15) is 23.8 Å². The lowest BCUT2D eigenvalue weighted by Gasteiger charge is -2.30. The summed E-state index contributed by atoms with van der Waals surface area (Å²) in [4.78, 5) is 23.9. The Morgan fingerprint density at radius 1 is 1.00 bits per heavy atom. The van der Waals surface area contributed by atoms with Gasteiger partial charge in [-0.3, -0.25) is 4.98 Å². The summed E-state index contributed by atoms with van der Waals surface area (Å²) < 4.78 is 17.7. The molecule has 9 heteroatoms. The molecular formula is C29H28N4O5. The molecule has 0 atom stereocenters. The second-order valence-electron chi connectivity index (χ2n) is 9.51. The SMILES string of the molecule is Cc1cccc(-c2c(-c3ccc4c(c3)OCO4)nc(C3CCN(C(=O)OCc4ccccc4)CC3)n2O)n1. The number of pyridine rings is 1. The van der Waals surface area contributed by atoms with Crippen molar-refractivity contribution in [2.45, 2.75) is 32.3 Å². The maximum Gasteiger partial charge on any atom is 0.410 e. The number of aromatic nitrogens is 3. The van der Waals surface area contributed by atoms with Gasteiger partial charge < -0.3 is 24.3 Å². The van der Waals surface area contributed by atoms with Gasteiger partial charge in [0.25, 0.3) is 0 Å². The van der Waals surface area contributed by atoms with Crippen LogP contribution in [0, 0.1) is 6.92 Å². The lowest BCUT2D eigenvalue weighted by Crippen LogP contribution is -2.38. The predicted molar refractivity (Wildman–Crippen MR) is 139 cm³/mol. The second-order valence-corrected chi connectivity index (χ2v) is 9.51. The van der Waals surface area contributed by atoms with Gasteiger partial charge in [0, 0.05) is 30.3 Å². The molecule has 0 aliphatic carbocycles. The van der Waals surface area contributed by atoms with E-state index in [1.165, 1.54) is 0 Å². The number of imidazole rings is 1. The van der Waals surface area contributed by atoms with E-state index in [9.17, 15) is 10.0 Å². The molecule has 0 spiro atoms. The van der Waals surface area contributed by atoms with E-state index >= 15 is 0 Å². The second kappa shape index (κ2) is 10.1. The molecule has 0 unspecified atom stereocenters. The molecule has 9 nitrogen and oxygen atoms in total. The van der Waals surface area contributed by atoms with Crippen molar-refractivity contribution in [3.63, 3.8) is 0 Å². The van der Waals surface area contributed by atoms with E-state index in [1.54, 1.807) is 4.90 Å². The summed E-state index contributed by atoms with van der Waals surface area (Å²) in [6, 6.07) is 20.9. The molecule has 1 amide bonds. The quantitative estimate of drug-likeness (QED) is 0.357. The zero-order valence-corrected chi connectivity index (χ0v) is 21.0. The number of ether oxygens (including phenoxy) is 3. The first-order valence-electron chi connectivity index (χ1n) is 12.7. The van der Waals surface area contributed by atoms with E-state index in [0.717, 1.165) is 21.6 Å². The van der Waals surface area contributed by atoms with Crippen molar-refractivity contribution < 1.29 is 24.2 Å². The molecule has 2 aliphatic heterocycles. The number of nitrogens with zero attached hydrogens (tertiary/aromatic N) is 4. The average molecular weight is 513 g/mol. The zero-order chi connectivity index (χ0) is 26.1. The van der Waals surface area contributed by atoms with Gasteiger partial charge in [0.05, 0.1) is 5.69 Å². The largest absolute Gasteiger partial charge is 0.454 e. The van der Waals surface area contributed by atoms with Crippen LogP contribution in [0.2, 0.25) is 0 Å². The maximum absolute atomic E-state index is 12.6. The van der Waals surface area contributed by atoms with Gasteiger partial charge in [-0.15, -0.1) is 0 Å². The fourth-order valence-electron chi connectivity index (χ4n) is 4.97. The number of likely N-dealkylation sites (tertiary alicyclic amines) is 1. The molecule has 1 fully saturated rings. The molecule has 2 aromatic carbocycles. The Kier molecular flexibility index (Phi) is 6.33. The molecule has 194 valence electrons. The molecule has 1 saturated heterocycles. The van der Waals surface area contributed by atoms with Crippen molar-refractivity contribution in [1.29, 1.82) is 0 Å². The lowest BCUT2D eigenvalue weighted by molar-refractivity contribution is 0.0846. The molecule has 0 saturated carbocycles. The molecule has 2 aliphatic rings. The molecule has 38 heavy (non-hydrogen) atoms. The lowest BCUT2D eigenvalue weighted by atomic mass is 9.96. The minimum atomic E-state index is -0.328. The van der Waals surface area contributed by atoms with Crippen molar-refractivity contribution >= 4 is 6.09 Å². The fraction of sp³-hybridized carbons (Fsp3) is 0.276. The number of piperidine rings is 1. The predicted octanol–water partition coefficient (Wildman–Crippen LogP) is 5.40. The number of carbonyl (C=O) groups is 1. The third kappa shape index (κ3) is 4.63. The number of fused-ring (bicyclic) bond motifs is 1. The Morgan fingerprint density at radius 2 is 1.79 bits per heavy atom. The first kappa shape index (κ1) is 23.8. The van der Waals surface area contributed by atoms with Crippen molar-refractivity contribution in [2.75, 3.05) is 19.9 Å². The Morgan fingerprint density at radius 3 is 2.58 bits per heavy atom. The molecule has 4 aromatic rings. The van der Waals surface area contributed by atoms with E-state index in [-0.39, 0.29) is 25.4 Å². The fourth-order valence-corrected chi connectivity index (χ4v) is 4.97. The van der Waals surface area contributed by atoms with Crippen LogP contribution in [0.3, 0.4) is 0 Å². The number of rotatable bonds is 5. The number of aryl methyl sites for hydroxylation is 1. The summed E-state index contributed by atoms with van der Waals surface area (Å²) in [6.45, 7) is 3.37. The molecule has 4 heterocycles. The summed E-state index contributed by atoms with van der Waals surface area (Å²) in [6.07, 6.45) is 0.976. The molecule has 0 bridgehead atoms. The monoisotopic (exact) mass is 512 g/mol. The third-order valence-electron chi connectivity index (χ3n) is 6.98. The van der Waals surface area contributed by atoms with Crippen molar-refractivity contribution in [2.24, 2.45) is 0 Å². The van der Waals surface area contributed by atoms with Gasteiger partial charge in [-0.2, -0.15) is 4.73 Å². The summed E-state index contributed by atoms with van der Waals surface area (Å²) >= 11 is 0. The number of carbonyl (C=O) groups excluding carboxylic acids is 1. The minimum Gasteiger partial charge on any atom is -0.454 e. The Bertz CT molecular complexity index is 1460. The van der Waals surface area contributed by atoms with E-state index in [4.69, 9.17) is 19.2 Å². The standard InChI is InChI=1S/C29H28N4O5/c1-19-6-5-9-23(30-19)27-26(22-10-11-24-25(16-22)38-18-37-24)31-28(33(27)35)21-12-14-32(15-13-21)29(34)36-17-20-7-3-2-4-8-20/h2-11,16,21,35H,12-15,17-18H2,1H3. The van der Waals surface area contributed by atoms with Crippen LogP contribution in [-0.2, 0) is 11.3 Å². The van der Waals surface area contributed by atoms with Gasteiger partial charge in [0.2, 0.25) is 6.79 Å². The normalized spacial score (nSPS) is 15.0. The van der Waals surface area contributed by atoms with Crippen molar-refractivity contribution in [1.82, 2.24) is 19.6 Å². The summed E-state index contributed by atoms with van der Waals surface area (Å²) in [5.74, 6) is 1.83. The Balaban J connectivity index is 1.24. The van der Waals surface area contributed by atoms with Crippen molar-refractivity contribution in [3.05, 3.63) is 83.8 Å². The smallest absolute Gasteiger partial charge is 0.410 e. The van der Waals surface area contributed by atoms with Crippen LogP contribution < -0.4 is 9.47 Å². The van der Waals surface area contributed by atoms with E-state index < -0.39 is 0 Å². The number of hydrogen-bond acceptors (Lipinski definition) is 7. The first-order chi connectivity index (χ1) is 18.6. The number of amides is 1. The summed E-state index contributed by atoms with van der Waals surface area (Å²) in [5.41, 5.74) is 4.34. The minimum absolute atomic E-state index is 0.0375. The first-order valence-corrected chi connectivity index (χ1v) is 12.7. The highest BCUT2D eigenvalue weighted by Gasteiger charge is 2.31. The number of benzene rings is 2. The van der Waals surface area contributed by atoms with Crippen LogP contribution in [0.15, 0.2) is 66.7 Å². The number of hydrogen-bond donors (Lipinski definition) is 1. The molecule has 1 N–H and O–H groups in total. The molecular weight excluding hydrogens is 484 g/mol. The summed E-state index contributed by atoms with van der Waals surface area (Å²) in [7, 11) is 0. The van der Waals surface area contributed by atoms with Gasteiger partial charge in [-0.1, -0.05) is 36.4 Å². The van der Waals surface area contributed by atoms with Crippen LogP contribution in [0.1, 0.15) is 35.8 Å². The molecule has 0 radical (unpaired) electrons. The van der Waals surface area contributed by atoms with Crippen LogP contribution in [0.5, 0.6) is 11.5 Å². The summed E-state index contributed by atoms with van der Waals surface area (Å²) in [5, 5.41) is 11.4. The van der Waals surface area contributed by atoms with Crippen LogP contribution >= 0.6 is 0 Å². The molecule has 6 rings (SSSR count). The van der Waals surface area contributed by atoms with Gasteiger partial charge >= 0.3 is 6.09 Å². The highest BCUT2D eigenvalue weighted by atomic mass is 16.7. The van der Waals surface area contributed by atoms with E-state index in [1.807, 2.05) is 73.7 Å². The average Bonchev–Trinajstić information content (AvgIpc) is 3.56. The van der Waals surface area contributed by atoms with Gasteiger partial charge in [-0.25, -0.2) is 9.78 Å².